The fourth-order valence-electron chi connectivity index (χ4n) is 6.54. The van der Waals surface area contributed by atoms with Crippen LogP contribution in [0.15, 0.2) is 18.2 Å². The average Bonchev–Trinajstić information content (AvgIpc) is 2.82. The zero-order chi connectivity index (χ0) is 17.1. The van der Waals surface area contributed by atoms with E-state index in [2.05, 4.69) is 39.0 Å². The predicted molar refractivity (Wildman–Crippen MR) is 95.6 cm³/mol. The first-order chi connectivity index (χ1) is 11.4. The van der Waals surface area contributed by atoms with Gasteiger partial charge < -0.3 is 5.11 Å². The lowest BCUT2D eigenvalue weighted by atomic mass is 9.55. The summed E-state index contributed by atoms with van der Waals surface area (Å²) < 4.78 is 0. The number of nitriles is 1. The standard InChI is InChI=1S/C22H29NO/c1-4-21(2)12-19-18-9-8-15-14(13-23)6-5-7-16(15)17(18)10-11-22(19,3)20(21)24/h5-7,17-20,24H,4,8-12H2,1-3H3/t17-,18-,19+,20?,21+,22+/m1/s1. The Kier molecular flexibility index (Phi) is 3.59. The van der Waals surface area contributed by atoms with Crippen molar-refractivity contribution in [2.75, 3.05) is 0 Å². The molecule has 0 aromatic heterocycles. The summed E-state index contributed by atoms with van der Waals surface area (Å²) in [5.74, 6) is 1.88. The van der Waals surface area contributed by atoms with Gasteiger partial charge in [-0.2, -0.15) is 5.26 Å². The summed E-state index contributed by atoms with van der Waals surface area (Å²) in [6.07, 6.45) is 6.55. The van der Waals surface area contributed by atoms with E-state index in [0.717, 1.165) is 37.7 Å². The number of aliphatic hydroxyl groups excluding tert-OH is 1. The van der Waals surface area contributed by atoms with Crippen molar-refractivity contribution in [2.45, 2.75) is 71.3 Å². The number of hydrogen-bond acceptors (Lipinski definition) is 2. The fraction of sp³-hybridized carbons (Fsp3) is 0.682. The molecule has 1 unspecified atom stereocenters. The van der Waals surface area contributed by atoms with Crippen LogP contribution in [0, 0.1) is 34.0 Å². The van der Waals surface area contributed by atoms with Crippen molar-refractivity contribution in [3.63, 3.8) is 0 Å². The summed E-state index contributed by atoms with van der Waals surface area (Å²) in [5, 5.41) is 20.6. The van der Waals surface area contributed by atoms with Crippen LogP contribution < -0.4 is 0 Å². The van der Waals surface area contributed by atoms with E-state index in [0.29, 0.717) is 17.8 Å². The van der Waals surface area contributed by atoms with Gasteiger partial charge in [0.2, 0.25) is 0 Å². The molecule has 6 atom stereocenters. The number of hydrogen-bond donors (Lipinski definition) is 1. The van der Waals surface area contributed by atoms with Crippen LogP contribution >= 0.6 is 0 Å². The van der Waals surface area contributed by atoms with Crippen molar-refractivity contribution in [3.05, 3.63) is 34.9 Å². The lowest BCUT2D eigenvalue weighted by Crippen LogP contribution is -2.45. The zero-order valence-electron chi connectivity index (χ0n) is 15.2. The Morgan fingerprint density at radius 3 is 2.79 bits per heavy atom. The highest BCUT2D eigenvalue weighted by Gasteiger charge is 2.61. The second kappa shape index (κ2) is 5.33. The molecular formula is C22H29NO. The third-order valence-corrected chi connectivity index (χ3v) is 8.11. The van der Waals surface area contributed by atoms with Crippen molar-refractivity contribution in [1.29, 1.82) is 5.26 Å². The Bertz CT molecular complexity index is 704. The summed E-state index contributed by atoms with van der Waals surface area (Å²) in [7, 11) is 0. The molecule has 4 rings (SSSR count). The molecule has 2 nitrogen and oxygen atoms in total. The molecule has 128 valence electrons. The van der Waals surface area contributed by atoms with Crippen LogP contribution in [0.1, 0.15) is 75.5 Å². The van der Waals surface area contributed by atoms with E-state index in [1.807, 2.05) is 6.07 Å². The maximum Gasteiger partial charge on any atom is 0.0994 e. The number of rotatable bonds is 1. The van der Waals surface area contributed by atoms with Crippen LogP contribution in [-0.2, 0) is 6.42 Å². The Labute approximate surface area is 145 Å². The van der Waals surface area contributed by atoms with E-state index in [4.69, 9.17) is 0 Å². The van der Waals surface area contributed by atoms with Gasteiger partial charge in [0, 0.05) is 0 Å². The first-order valence-electron chi connectivity index (χ1n) is 9.64. The van der Waals surface area contributed by atoms with Crippen LogP contribution in [0.3, 0.4) is 0 Å². The van der Waals surface area contributed by atoms with Gasteiger partial charge in [-0.1, -0.05) is 32.9 Å². The van der Waals surface area contributed by atoms with E-state index < -0.39 is 0 Å². The van der Waals surface area contributed by atoms with Gasteiger partial charge in [-0.3, -0.25) is 0 Å². The van der Waals surface area contributed by atoms with Gasteiger partial charge in [-0.05, 0) is 84.3 Å². The van der Waals surface area contributed by atoms with Crippen LogP contribution in [0.4, 0.5) is 0 Å². The molecule has 0 aliphatic heterocycles. The third kappa shape index (κ3) is 1.97. The fourth-order valence-corrected chi connectivity index (χ4v) is 6.54. The number of benzene rings is 1. The quantitative estimate of drug-likeness (QED) is 0.806. The van der Waals surface area contributed by atoms with Gasteiger partial charge in [0.15, 0.2) is 0 Å². The van der Waals surface area contributed by atoms with Crippen molar-refractivity contribution >= 4 is 0 Å². The molecule has 1 aromatic carbocycles. The van der Waals surface area contributed by atoms with Gasteiger partial charge in [-0.25, -0.2) is 0 Å². The first-order valence-corrected chi connectivity index (χ1v) is 9.64. The van der Waals surface area contributed by atoms with E-state index in [9.17, 15) is 10.4 Å². The molecule has 1 N–H and O–H groups in total. The van der Waals surface area contributed by atoms with E-state index >= 15 is 0 Å². The highest BCUT2D eigenvalue weighted by atomic mass is 16.3. The smallest absolute Gasteiger partial charge is 0.0994 e. The lowest BCUT2D eigenvalue weighted by Gasteiger charge is -2.50. The molecule has 3 aliphatic carbocycles. The average molecular weight is 323 g/mol. The van der Waals surface area contributed by atoms with E-state index in [1.165, 1.54) is 17.5 Å². The Morgan fingerprint density at radius 2 is 2.08 bits per heavy atom. The van der Waals surface area contributed by atoms with Gasteiger partial charge in [0.25, 0.3) is 0 Å². The van der Waals surface area contributed by atoms with Gasteiger partial charge >= 0.3 is 0 Å². The summed E-state index contributed by atoms with van der Waals surface area (Å²) in [5.41, 5.74) is 3.78. The van der Waals surface area contributed by atoms with Crippen LogP contribution in [-0.4, -0.2) is 11.2 Å². The normalized spacial score (nSPS) is 43.5. The molecule has 0 bridgehead atoms. The van der Waals surface area contributed by atoms with Crippen molar-refractivity contribution in [3.8, 4) is 6.07 Å². The third-order valence-electron chi connectivity index (χ3n) is 8.11. The molecular weight excluding hydrogens is 294 g/mol. The summed E-state index contributed by atoms with van der Waals surface area (Å²) in [6.45, 7) is 6.87. The monoisotopic (exact) mass is 323 g/mol. The molecule has 0 radical (unpaired) electrons. The molecule has 2 saturated carbocycles. The minimum Gasteiger partial charge on any atom is -0.392 e. The number of nitrogens with zero attached hydrogens (tertiary/aromatic N) is 1. The summed E-state index contributed by atoms with van der Waals surface area (Å²) in [6, 6.07) is 8.69. The molecule has 3 aliphatic rings. The topological polar surface area (TPSA) is 44.0 Å². The van der Waals surface area contributed by atoms with Gasteiger partial charge in [-0.15, -0.1) is 0 Å². The zero-order valence-corrected chi connectivity index (χ0v) is 15.2. The Morgan fingerprint density at radius 1 is 1.29 bits per heavy atom. The second-order valence-corrected chi connectivity index (χ2v) is 9.06. The van der Waals surface area contributed by atoms with Crippen molar-refractivity contribution < 1.29 is 5.11 Å². The first kappa shape index (κ1) is 16.2. The summed E-state index contributed by atoms with van der Waals surface area (Å²) in [4.78, 5) is 0. The molecule has 0 amide bonds. The molecule has 2 fully saturated rings. The molecule has 2 heteroatoms. The maximum atomic E-state index is 11.1. The molecule has 0 spiro atoms. The minimum absolute atomic E-state index is 0.0725. The van der Waals surface area contributed by atoms with Crippen molar-refractivity contribution in [1.82, 2.24) is 0 Å². The van der Waals surface area contributed by atoms with Gasteiger partial charge in [0.05, 0.1) is 17.7 Å². The van der Waals surface area contributed by atoms with E-state index in [-0.39, 0.29) is 16.9 Å². The van der Waals surface area contributed by atoms with Crippen LogP contribution in [0.2, 0.25) is 0 Å². The highest BCUT2D eigenvalue weighted by Crippen LogP contribution is 2.65. The Hall–Kier alpha value is -1.33. The molecule has 0 heterocycles. The predicted octanol–water partition coefficient (Wildman–Crippen LogP) is 4.80. The van der Waals surface area contributed by atoms with E-state index in [1.54, 1.807) is 0 Å². The molecule has 1 aromatic rings. The Balaban J connectivity index is 1.74. The molecule has 24 heavy (non-hydrogen) atoms. The molecule has 0 saturated heterocycles. The lowest BCUT2D eigenvalue weighted by molar-refractivity contribution is -0.0511. The highest BCUT2D eigenvalue weighted by molar-refractivity contribution is 5.46. The maximum absolute atomic E-state index is 11.1. The van der Waals surface area contributed by atoms with Gasteiger partial charge in [0.1, 0.15) is 0 Å². The summed E-state index contributed by atoms with van der Waals surface area (Å²) >= 11 is 0. The number of aliphatic hydroxyl groups is 1. The largest absolute Gasteiger partial charge is 0.392 e. The van der Waals surface area contributed by atoms with Crippen molar-refractivity contribution in [2.24, 2.45) is 22.7 Å². The van der Waals surface area contributed by atoms with Crippen LogP contribution in [0.25, 0.3) is 0 Å². The van der Waals surface area contributed by atoms with Crippen LogP contribution in [0.5, 0.6) is 0 Å². The SMILES string of the molecule is CC[C@@]1(C)C[C@H]2[C@@H]3CCc4c(C#N)cccc4[C@H]3CC[C@]2(C)C1O. The minimum atomic E-state index is -0.173. The second-order valence-electron chi connectivity index (χ2n) is 9.06. The number of fused-ring (bicyclic) bond motifs is 5.